The standard InChI is InChI=1S/C14H18O/c1-11-2-4-12(5-3-11)6-7-13-10-14(13)8-9-15/h2-7,13-15H,8-10H2,1H3/b7-6+/t13-,14+/m1/s1. The average Bonchev–Trinajstić information content (AvgIpc) is 2.97. The van der Waals surface area contributed by atoms with Gasteiger partial charge in [-0.2, -0.15) is 0 Å². The van der Waals surface area contributed by atoms with E-state index in [4.69, 9.17) is 5.11 Å². The van der Waals surface area contributed by atoms with Crippen LogP contribution in [0.15, 0.2) is 30.3 Å². The van der Waals surface area contributed by atoms with Crippen molar-refractivity contribution in [2.24, 2.45) is 11.8 Å². The van der Waals surface area contributed by atoms with Gasteiger partial charge < -0.3 is 5.11 Å². The van der Waals surface area contributed by atoms with Gasteiger partial charge in [0.2, 0.25) is 0 Å². The van der Waals surface area contributed by atoms with E-state index in [1.54, 1.807) is 0 Å². The third-order valence-corrected chi connectivity index (χ3v) is 3.09. The van der Waals surface area contributed by atoms with Crippen LogP contribution >= 0.6 is 0 Å². The summed E-state index contributed by atoms with van der Waals surface area (Å²) in [5.74, 6) is 1.44. The number of aliphatic hydroxyl groups is 1. The van der Waals surface area contributed by atoms with E-state index in [1.165, 1.54) is 17.5 Å². The summed E-state index contributed by atoms with van der Waals surface area (Å²) in [6.07, 6.45) is 6.69. The summed E-state index contributed by atoms with van der Waals surface area (Å²) >= 11 is 0. The minimum atomic E-state index is 0.333. The average molecular weight is 202 g/mol. The number of aryl methyl sites for hydroxylation is 1. The fourth-order valence-electron chi connectivity index (χ4n) is 1.92. The predicted octanol–water partition coefficient (Wildman–Crippen LogP) is 3.03. The molecule has 2 atom stereocenters. The van der Waals surface area contributed by atoms with Crippen LogP contribution in [0, 0.1) is 18.8 Å². The van der Waals surface area contributed by atoms with Gasteiger partial charge in [0, 0.05) is 6.61 Å². The van der Waals surface area contributed by atoms with Gasteiger partial charge in [-0.1, -0.05) is 42.0 Å². The first kappa shape index (κ1) is 10.4. The van der Waals surface area contributed by atoms with Gasteiger partial charge in [0.25, 0.3) is 0 Å². The third kappa shape index (κ3) is 2.93. The van der Waals surface area contributed by atoms with E-state index < -0.39 is 0 Å². The molecule has 1 aliphatic rings. The topological polar surface area (TPSA) is 20.2 Å². The van der Waals surface area contributed by atoms with Crippen molar-refractivity contribution < 1.29 is 5.11 Å². The number of allylic oxidation sites excluding steroid dienone is 1. The van der Waals surface area contributed by atoms with E-state index in [2.05, 4.69) is 43.3 Å². The van der Waals surface area contributed by atoms with Crippen LogP contribution < -0.4 is 0 Å². The van der Waals surface area contributed by atoms with Crippen LogP contribution in [0.2, 0.25) is 0 Å². The molecule has 0 amide bonds. The second-order valence-corrected chi connectivity index (χ2v) is 4.44. The van der Waals surface area contributed by atoms with Crippen LogP contribution in [0.3, 0.4) is 0 Å². The Kier molecular flexibility index (Phi) is 3.22. The maximum Gasteiger partial charge on any atom is 0.0433 e. The van der Waals surface area contributed by atoms with Gasteiger partial charge in [0.1, 0.15) is 0 Å². The predicted molar refractivity (Wildman–Crippen MR) is 63.5 cm³/mol. The fourth-order valence-corrected chi connectivity index (χ4v) is 1.92. The normalized spacial score (nSPS) is 24.7. The van der Waals surface area contributed by atoms with Crippen molar-refractivity contribution in [3.8, 4) is 0 Å². The minimum absolute atomic E-state index is 0.333. The van der Waals surface area contributed by atoms with Gasteiger partial charge in [0.15, 0.2) is 0 Å². The molecule has 1 heteroatoms. The fraction of sp³-hybridized carbons (Fsp3) is 0.429. The van der Waals surface area contributed by atoms with Crippen molar-refractivity contribution in [3.05, 3.63) is 41.5 Å². The molecule has 0 saturated heterocycles. The largest absolute Gasteiger partial charge is 0.396 e. The van der Waals surface area contributed by atoms with Crippen LogP contribution in [0.5, 0.6) is 0 Å². The lowest BCUT2D eigenvalue weighted by molar-refractivity contribution is 0.278. The highest BCUT2D eigenvalue weighted by Crippen LogP contribution is 2.42. The number of aliphatic hydroxyl groups excluding tert-OH is 1. The van der Waals surface area contributed by atoms with E-state index in [0.29, 0.717) is 12.5 Å². The molecule has 0 heterocycles. The summed E-state index contributed by atoms with van der Waals surface area (Å²) < 4.78 is 0. The van der Waals surface area contributed by atoms with Gasteiger partial charge in [-0.05, 0) is 37.2 Å². The van der Waals surface area contributed by atoms with Gasteiger partial charge >= 0.3 is 0 Å². The van der Waals surface area contributed by atoms with Crippen molar-refractivity contribution in [1.29, 1.82) is 0 Å². The molecule has 0 spiro atoms. The second kappa shape index (κ2) is 4.63. The third-order valence-electron chi connectivity index (χ3n) is 3.09. The lowest BCUT2D eigenvalue weighted by Gasteiger charge is -1.94. The molecule has 1 nitrogen and oxygen atoms in total. The molecule has 1 aromatic rings. The molecule has 1 aliphatic carbocycles. The molecular weight excluding hydrogens is 184 g/mol. The Labute approximate surface area is 91.4 Å². The first-order valence-electron chi connectivity index (χ1n) is 5.65. The Balaban J connectivity index is 1.87. The molecule has 0 aromatic heterocycles. The zero-order valence-electron chi connectivity index (χ0n) is 9.19. The molecule has 2 rings (SSSR count). The van der Waals surface area contributed by atoms with Gasteiger partial charge in [-0.25, -0.2) is 0 Å². The molecule has 0 aliphatic heterocycles. The Bertz CT molecular complexity index is 337. The highest BCUT2D eigenvalue weighted by Gasteiger charge is 2.33. The van der Waals surface area contributed by atoms with Crippen molar-refractivity contribution in [1.82, 2.24) is 0 Å². The molecule has 1 saturated carbocycles. The first-order chi connectivity index (χ1) is 7.29. The maximum atomic E-state index is 8.79. The summed E-state index contributed by atoms with van der Waals surface area (Å²) in [7, 11) is 0. The van der Waals surface area contributed by atoms with Crippen LogP contribution in [0.4, 0.5) is 0 Å². The monoisotopic (exact) mass is 202 g/mol. The van der Waals surface area contributed by atoms with E-state index >= 15 is 0 Å². The van der Waals surface area contributed by atoms with Crippen LogP contribution in [-0.2, 0) is 0 Å². The molecule has 80 valence electrons. The zero-order valence-corrected chi connectivity index (χ0v) is 9.19. The van der Waals surface area contributed by atoms with Crippen molar-refractivity contribution in [2.45, 2.75) is 19.8 Å². The second-order valence-electron chi connectivity index (χ2n) is 4.44. The Morgan fingerprint density at radius 1 is 1.33 bits per heavy atom. The van der Waals surface area contributed by atoms with Gasteiger partial charge in [-0.15, -0.1) is 0 Å². The van der Waals surface area contributed by atoms with Crippen LogP contribution in [0.1, 0.15) is 24.0 Å². The summed E-state index contributed by atoms with van der Waals surface area (Å²) in [5, 5.41) is 8.79. The summed E-state index contributed by atoms with van der Waals surface area (Å²) in [6, 6.07) is 8.57. The van der Waals surface area contributed by atoms with Gasteiger partial charge in [0.05, 0.1) is 0 Å². The van der Waals surface area contributed by atoms with Crippen LogP contribution in [-0.4, -0.2) is 11.7 Å². The molecule has 0 bridgehead atoms. The summed E-state index contributed by atoms with van der Waals surface area (Å²) in [6.45, 7) is 2.44. The maximum absolute atomic E-state index is 8.79. The number of benzene rings is 1. The lowest BCUT2D eigenvalue weighted by atomic mass is 10.1. The quantitative estimate of drug-likeness (QED) is 0.795. The molecule has 1 N–H and O–H groups in total. The smallest absolute Gasteiger partial charge is 0.0433 e. The molecule has 0 radical (unpaired) electrons. The molecule has 1 aromatic carbocycles. The summed E-state index contributed by atoms with van der Waals surface area (Å²) in [5.41, 5.74) is 2.58. The molecular formula is C14H18O. The Morgan fingerprint density at radius 3 is 2.73 bits per heavy atom. The van der Waals surface area contributed by atoms with Crippen LogP contribution in [0.25, 0.3) is 6.08 Å². The Hall–Kier alpha value is -1.08. The SMILES string of the molecule is Cc1ccc(/C=C/[C@@H]2C[C@@H]2CCO)cc1. The van der Waals surface area contributed by atoms with Crippen molar-refractivity contribution in [2.75, 3.05) is 6.61 Å². The lowest BCUT2D eigenvalue weighted by Crippen LogP contribution is -1.85. The highest BCUT2D eigenvalue weighted by atomic mass is 16.3. The highest BCUT2D eigenvalue weighted by molar-refractivity contribution is 5.50. The number of hydrogen-bond acceptors (Lipinski definition) is 1. The van der Waals surface area contributed by atoms with E-state index in [-0.39, 0.29) is 0 Å². The van der Waals surface area contributed by atoms with Crippen molar-refractivity contribution >= 4 is 6.08 Å². The zero-order chi connectivity index (χ0) is 10.7. The first-order valence-corrected chi connectivity index (χ1v) is 5.65. The molecule has 15 heavy (non-hydrogen) atoms. The number of rotatable bonds is 4. The van der Waals surface area contributed by atoms with E-state index in [1.807, 2.05) is 0 Å². The molecule has 0 unspecified atom stereocenters. The summed E-state index contributed by atoms with van der Waals surface area (Å²) in [4.78, 5) is 0. The minimum Gasteiger partial charge on any atom is -0.396 e. The van der Waals surface area contributed by atoms with E-state index in [0.717, 1.165) is 12.3 Å². The van der Waals surface area contributed by atoms with E-state index in [9.17, 15) is 0 Å². The van der Waals surface area contributed by atoms with Crippen molar-refractivity contribution in [3.63, 3.8) is 0 Å². The van der Waals surface area contributed by atoms with Gasteiger partial charge in [-0.3, -0.25) is 0 Å². The Morgan fingerprint density at radius 2 is 2.07 bits per heavy atom. The molecule has 1 fully saturated rings. The number of hydrogen-bond donors (Lipinski definition) is 1.